The Bertz CT molecular complexity index is 760. The lowest BCUT2D eigenvalue weighted by atomic mass is 10.0. The maximum absolute atomic E-state index is 12.5. The highest BCUT2D eigenvalue weighted by Crippen LogP contribution is 2.28. The first kappa shape index (κ1) is 16.2. The number of amides is 2. The van der Waals surface area contributed by atoms with Gasteiger partial charge in [0, 0.05) is 25.2 Å². The van der Waals surface area contributed by atoms with Gasteiger partial charge in [0.25, 0.3) is 11.8 Å². The van der Waals surface area contributed by atoms with E-state index >= 15 is 0 Å². The zero-order valence-corrected chi connectivity index (χ0v) is 13.5. The van der Waals surface area contributed by atoms with Gasteiger partial charge < -0.3 is 15.3 Å². The van der Waals surface area contributed by atoms with E-state index in [1.807, 2.05) is 49.4 Å². The maximum atomic E-state index is 12.5. The standard InChI is InChI=1S/C19H20N2O3/c1-14-6-5-7-15(12-14)13-20-17(22)19(24)10-11-21(18(19)23)16-8-3-2-4-9-16/h2-9,12,24H,10-11,13H2,1H3,(H,20,22). The topological polar surface area (TPSA) is 69.6 Å². The third kappa shape index (κ3) is 3.03. The molecule has 0 aromatic heterocycles. The first-order valence-corrected chi connectivity index (χ1v) is 7.94. The molecule has 5 nitrogen and oxygen atoms in total. The van der Waals surface area contributed by atoms with Gasteiger partial charge in [0.15, 0.2) is 0 Å². The summed E-state index contributed by atoms with van der Waals surface area (Å²) >= 11 is 0. The summed E-state index contributed by atoms with van der Waals surface area (Å²) in [4.78, 5) is 26.4. The van der Waals surface area contributed by atoms with E-state index < -0.39 is 17.4 Å². The van der Waals surface area contributed by atoms with E-state index in [1.165, 1.54) is 4.90 Å². The minimum absolute atomic E-state index is 0.0837. The zero-order chi connectivity index (χ0) is 17.2. The van der Waals surface area contributed by atoms with Crippen molar-refractivity contribution in [2.24, 2.45) is 0 Å². The van der Waals surface area contributed by atoms with E-state index in [9.17, 15) is 14.7 Å². The molecule has 1 fully saturated rings. The van der Waals surface area contributed by atoms with Gasteiger partial charge in [0.2, 0.25) is 5.60 Å². The van der Waals surface area contributed by atoms with Crippen molar-refractivity contribution in [3.05, 3.63) is 65.7 Å². The number of para-hydroxylation sites is 1. The number of aliphatic hydroxyl groups is 1. The summed E-state index contributed by atoms with van der Waals surface area (Å²) in [6.07, 6.45) is 0.0837. The highest BCUT2D eigenvalue weighted by atomic mass is 16.3. The maximum Gasteiger partial charge on any atom is 0.268 e. The smallest absolute Gasteiger partial charge is 0.268 e. The number of carbonyl (C=O) groups is 2. The lowest BCUT2D eigenvalue weighted by Crippen LogP contribution is -2.52. The predicted octanol–water partition coefficient (Wildman–Crippen LogP) is 1.78. The monoisotopic (exact) mass is 324 g/mol. The van der Waals surface area contributed by atoms with Crippen LogP contribution < -0.4 is 10.2 Å². The highest BCUT2D eigenvalue weighted by molar-refractivity contribution is 6.16. The Hall–Kier alpha value is -2.66. The second-order valence-electron chi connectivity index (χ2n) is 6.07. The molecule has 2 aromatic rings. The van der Waals surface area contributed by atoms with Crippen molar-refractivity contribution in [3.63, 3.8) is 0 Å². The van der Waals surface area contributed by atoms with Gasteiger partial charge in [-0.25, -0.2) is 0 Å². The van der Waals surface area contributed by atoms with Crippen molar-refractivity contribution in [2.45, 2.75) is 25.5 Å². The fourth-order valence-corrected chi connectivity index (χ4v) is 2.92. The molecule has 1 atom stereocenters. The number of benzene rings is 2. The van der Waals surface area contributed by atoms with Crippen LogP contribution in [0.4, 0.5) is 5.69 Å². The Morgan fingerprint density at radius 3 is 2.67 bits per heavy atom. The number of anilines is 1. The second kappa shape index (κ2) is 6.45. The molecule has 0 spiro atoms. The van der Waals surface area contributed by atoms with Gasteiger partial charge >= 0.3 is 0 Å². The summed E-state index contributed by atoms with van der Waals surface area (Å²) in [6, 6.07) is 16.8. The van der Waals surface area contributed by atoms with Crippen LogP contribution in [-0.4, -0.2) is 29.1 Å². The van der Waals surface area contributed by atoms with Crippen molar-refractivity contribution in [3.8, 4) is 0 Å². The van der Waals surface area contributed by atoms with Crippen LogP contribution in [-0.2, 0) is 16.1 Å². The average molecular weight is 324 g/mol. The van der Waals surface area contributed by atoms with Crippen LogP contribution in [0, 0.1) is 6.92 Å². The first-order valence-electron chi connectivity index (χ1n) is 7.94. The van der Waals surface area contributed by atoms with Crippen LogP contribution in [0.5, 0.6) is 0 Å². The van der Waals surface area contributed by atoms with Crippen LogP contribution in [0.25, 0.3) is 0 Å². The lowest BCUT2D eigenvalue weighted by molar-refractivity contribution is -0.149. The van der Waals surface area contributed by atoms with Crippen molar-refractivity contribution in [2.75, 3.05) is 11.4 Å². The molecule has 1 heterocycles. The van der Waals surface area contributed by atoms with Crippen molar-refractivity contribution in [1.29, 1.82) is 0 Å². The molecule has 1 aliphatic heterocycles. The molecule has 1 saturated heterocycles. The lowest BCUT2D eigenvalue weighted by Gasteiger charge is -2.21. The van der Waals surface area contributed by atoms with E-state index in [-0.39, 0.29) is 13.0 Å². The molecule has 24 heavy (non-hydrogen) atoms. The summed E-state index contributed by atoms with van der Waals surface area (Å²) in [7, 11) is 0. The van der Waals surface area contributed by atoms with Gasteiger partial charge in [-0.15, -0.1) is 0 Å². The molecule has 0 bridgehead atoms. The summed E-state index contributed by atoms with van der Waals surface area (Å²) in [5.41, 5.74) is 0.703. The normalized spacial score (nSPS) is 20.2. The third-order valence-electron chi connectivity index (χ3n) is 4.28. The molecular formula is C19H20N2O3. The Labute approximate surface area is 140 Å². The molecule has 1 unspecified atom stereocenters. The van der Waals surface area contributed by atoms with Gasteiger partial charge in [0.05, 0.1) is 0 Å². The number of hydrogen-bond donors (Lipinski definition) is 2. The predicted molar refractivity (Wildman–Crippen MR) is 91.4 cm³/mol. The summed E-state index contributed by atoms with van der Waals surface area (Å²) in [5.74, 6) is -1.22. The number of hydrogen-bond acceptors (Lipinski definition) is 3. The number of rotatable bonds is 4. The highest BCUT2D eigenvalue weighted by Gasteiger charge is 2.51. The van der Waals surface area contributed by atoms with Crippen molar-refractivity contribution < 1.29 is 14.7 Å². The first-order chi connectivity index (χ1) is 11.5. The van der Waals surface area contributed by atoms with E-state index in [0.29, 0.717) is 12.2 Å². The average Bonchev–Trinajstić information content (AvgIpc) is 2.90. The van der Waals surface area contributed by atoms with E-state index in [1.54, 1.807) is 12.1 Å². The van der Waals surface area contributed by atoms with Crippen LogP contribution in [0.3, 0.4) is 0 Å². The minimum atomic E-state index is -2.00. The molecule has 5 heteroatoms. The molecule has 0 radical (unpaired) electrons. The molecule has 2 amide bonds. The molecule has 3 rings (SSSR count). The fourth-order valence-electron chi connectivity index (χ4n) is 2.92. The van der Waals surface area contributed by atoms with Crippen LogP contribution in [0.15, 0.2) is 54.6 Å². The Morgan fingerprint density at radius 1 is 1.21 bits per heavy atom. The molecule has 0 saturated carbocycles. The molecule has 2 N–H and O–H groups in total. The van der Waals surface area contributed by atoms with Crippen molar-refractivity contribution >= 4 is 17.5 Å². The number of carbonyl (C=O) groups excluding carboxylic acids is 2. The van der Waals surface area contributed by atoms with E-state index in [4.69, 9.17) is 0 Å². The summed E-state index contributed by atoms with van der Waals surface area (Å²) in [6.45, 7) is 2.57. The van der Waals surface area contributed by atoms with E-state index in [0.717, 1.165) is 11.1 Å². The molecule has 2 aromatic carbocycles. The van der Waals surface area contributed by atoms with Gasteiger partial charge in [-0.2, -0.15) is 0 Å². The Morgan fingerprint density at radius 2 is 1.96 bits per heavy atom. The zero-order valence-electron chi connectivity index (χ0n) is 13.5. The number of nitrogens with zero attached hydrogens (tertiary/aromatic N) is 1. The quantitative estimate of drug-likeness (QED) is 0.842. The number of aryl methyl sites for hydroxylation is 1. The fraction of sp³-hybridized carbons (Fsp3) is 0.263. The second-order valence-corrected chi connectivity index (χ2v) is 6.07. The van der Waals surface area contributed by atoms with Gasteiger partial charge in [-0.05, 0) is 24.6 Å². The van der Waals surface area contributed by atoms with Gasteiger partial charge in [-0.3, -0.25) is 9.59 Å². The molecule has 124 valence electrons. The van der Waals surface area contributed by atoms with E-state index in [2.05, 4.69) is 5.32 Å². The van der Waals surface area contributed by atoms with Gasteiger partial charge in [-0.1, -0.05) is 48.0 Å². The largest absolute Gasteiger partial charge is 0.372 e. The Kier molecular flexibility index (Phi) is 4.36. The molecule has 0 aliphatic carbocycles. The van der Waals surface area contributed by atoms with Gasteiger partial charge in [0.1, 0.15) is 0 Å². The van der Waals surface area contributed by atoms with Crippen LogP contribution in [0.2, 0.25) is 0 Å². The summed E-state index contributed by atoms with van der Waals surface area (Å²) < 4.78 is 0. The molecule has 1 aliphatic rings. The Balaban J connectivity index is 1.69. The van der Waals surface area contributed by atoms with Crippen LogP contribution >= 0.6 is 0 Å². The van der Waals surface area contributed by atoms with Crippen LogP contribution in [0.1, 0.15) is 17.5 Å². The third-order valence-corrected chi connectivity index (χ3v) is 4.28. The summed E-state index contributed by atoms with van der Waals surface area (Å²) in [5, 5.41) is 13.3. The molecular weight excluding hydrogens is 304 g/mol. The van der Waals surface area contributed by atoms with Crippen molar-refractivity contribution in [1.82, 2.24) is 5.32 Å². The SMILES string of the molecule is Cc1cccc(CNC(=O)C2(O)CCN(c3ccccc3)C2=O)c1. The number of nitrogens with one attached hydrogen (secondary N) is 1. The minimum Gasteiger partial charge on any atom is -0.372 e.